The molecule has 1 N–H and O–H groups in total. The van der Waals surface area contributed by atoms with Gasteiger partial charge in [-0.25, -0.2) is 9.67 Å². The summed E-state index contributed by atoms with van der Waals surface area (Å²) in [6, 6.07) is 20.0. The maximum Gasteiger partial charge on any atom is 0.252 e. The summed E-state index contributed by atoms with van der Waals surface area (Å²) in [6.07, 6.45) is 1.72. The Kier molecular flexibility index (Phi) is 5.90. The Labute approximate surface area is 201 Å². The zero-order valence-corrected chi connectivity index (χ0v) is 20.0. The molecule has 0 spiro atoms. The third kappa shape index (κ3) is 4.32. The Morgan fingerprint density at radius 1 is 1.03 bits per heavy atom. The number of benzene rings is 2. The van der Waals surface area contributed by atoms with Crippen molar-refractivity contribution >= 4 is 28.3 Å². The van der Waals surface area contributed by atoms with Crippen molar-refractivity contribution in [1.82, 2.24) is 30.3 Å². The number of pyridine rings is 1. The molecule has 3 aromatic heterocycles. The highest BCUT2D eigenvalue weighted by Crippen LogP contribution is 2.27. The third-order valence-electron chi connectivity index (χ3n) is 5.54. The fourth-order valence-electron chi connectivity index (χ4n) is 3.73. The monoisotopic (exact) mass is 468 g/mol. The smallest absolute Gasteiger partial charge is 0.252 e. The Morgan fingerprint density at radius 3 is 2.53 bits per heavy atom. The molecule has 0 bridgehead atoms. The Bertz CT molecular complexity index is 1450. The molecule has 5 aromatic rings. The van der Waals surface area contributed by atoms with Gasteiger partial charge in [-0.05, 0) is 26.8 Å². The molecule has 170 valence electrons. The molecule has 1 amide bonds. The minimum absolute atomic E-state index is 0.118. The van der Waals surface area contributed by atoms with E-state index in [1.165, 1.54) is 16.9 Å². The largest absolute Gasteiger partial charge is 0.345 e. The summed E-state index contributed by atoms with van der Waals surface area (Å²) in [4.78, 5) is 18.2. The molecule has 2 aromatic carbocycles. The van der Waals surface area contributed by atoms with Crippen molar-refractivity contribution in [2.24, 2.45) is 0 Å². The molecule has 34 heavy (non-hydrogen) atoms. The number of rotatable bonds is 6. The third-order valence-corrected chi connectivity index (χ3v) is 6.51. The van der Waals surface area contributed by atoms with Crippen LogP contribution in [0.3, 0.4) is 0 Å². The van der Waals surface area contributed by atoms with Crippen molar-refractivity contribution in [3.63, 3.8) is 0 Å². The number of hydrogen-bond acceptors (Lipinski definition) is 6. The van der Waals surface area contributed by atoms with E-state index in [0.717, 1.165) is 32.2 Å². The highest BCUT2D eigenvalue weighted by molar-refractivity contribution is 7.14. The molecule has 7 nitrogen and oxygen atoms in total. The first-order valence-electron chi connectivity index (χ1n) is 11.1. The van der Waals surface area contributed by atoms with E-state index in [-0.39, 0.29) is 11.9 Å². The second-order valence-corrected chi connectivity index (χ2v) is 9.45. The van der Waals surface area contributed by atoms with Crippen LogP contribution in [0.4, 0.5) is 0 Å². The fourth-order valence-corrected chi connectivity index (χ4v) is 4.51. The van der Waals surface area contributed by atoms with Gasteiger partial charge in [0.1, 0.15) is 10.0 Å². The van der Waals surface area contributed by atoms with Crippen LogP contribution in [0.5, 0.6) is 0 Å². The molecule has 5 rings (SSSR count). The fraction of sp³-hybridized carbons (Fsp3) is 0.192. The molecular formula is C26H24N6OS. The van der Waals surface area contributed by atoms with Crippen LogP contribution in [0.2, 0.25) is 0 Å². The molecule has 0 saturated carbocycles. The normalized spacial score (nSPS) is 11.3. The first-order valence-corrected chi connectivity index (χ1v) is 11.9. The van der Waals surface area contributed by atoms with Gasteiger partial charge in [0.25, 0.3) is 5.91 Å². The summed E-state index contributed by atoms with van der Waals surface area (Å²) in [5, 5.41) is 18.3. The second kappa shape index (κ2) is 9.15. The van der Waals surface area contributed by atoms with Crippen molar-refractivity contribution in [1.29, 1.82) is 0 Å². The van der Waals surface area contributed by atoms with Crippen LogP contribution in [-0.4, -0.2) is 30.9 Å². The van der Waals surface area contributed by atoms with Gasteiger partial charge in [-0.3, -0.25) is 4.79 Å². The molecule has 0 aliphatic carbocycles. The molecular weight excluding hydrogens is 444 g/mol. The van der Waals surface area contributed by atoms with Gasteiger partial charge < -0.3 is 5.32 Å². The maximum atomic E-state index is 13.3. The predicted octanol–water partition coefficient (Wildman–Crippen LogP) is 5.44. The van der Waals surface area contributed by atoms with Crippen LogP contribution in [0, 0.1) is 6.92 Å². The summed E-state index contributed by atoms with van der Waals surface area (Å²) in [6.45, 7) is 6.44. The van der Waals surface area contributed by atoms with Gasteiger partial charge in [-0.2, -0.15) is 5.10 Å². The van der Waals surface area contributed by atoms with E-state index in [1.807, 2.05) is 86.1 Å². The summed E-state index contributed by atoms with van der Waals surface area (Å²) in [7, 11) is 0. The van der Waals surface area contributed by atoms with Crippen LogP contribution in [0.25, 0.3) is 32.9 Å². The van der Waals surface area contributed by atoms with E-state index >= 15 is 0 Å². The highest BCUT2D eigenvalue weighted by atomic mass is 32.1. The Hall–Kier alpha value is -3.91. The number of amides is 1. The summed E-state index contributed by atoms with van der Waals surface area (Å²) in [5.41, 5.74) is 5.11. The number of hydrogen-bond donors (Lipinski definition) is 1. The van der Waals surface area contributed by atoms with E-state index in [9.17, 15) is 4.79 Å². The van der Waals surface area contributed by atoms with Gasteiger partial charge in [0.15, 0.2) is 5.65 Å². The quantitative estimate of drug-likeness (QED) is 0.359. The first kappa shape index (κ1) is 21.9. The van der Waals surface area contributed by atoms with Crippen molar-refractivity contribution in [2.75, 3.05) is 0 Å². The number of aromatic nitrogens is 5. The predicted molar refractivity (Wildman–Crippen MR) is 135 cm³/mol. The van der Waals surface area contributed by atoms with Crippen molar-refractivity contribution in [2.45, 2.75) is 33.4 Å². The number of carbonyl (C=O) groups excluding carboxylic acids is 1. The zero-order chi connectivity index (χ0) is 23.7. The van der Waals surface area contributed by atoms with E-state index in [1.54, 1.807) is 6.20 Å². The lowest BCUT2D eigenvalue weighted by molar-refractivity contribution is 0.0952. The molecule has 0 radical (unpaired) electrons. The molecule has 0 unspecified atom stereocenters. The summed E-state index contributed by atoms with van der Waals surface area (Å²) < 4.78 is 1.85. The minimum atomic E-state index is -0.194. The number of nitrogens with zero attached hydrogens (tertiary/aromatic N) is 5. The van der Waals surface area contributed by atoms with Crippen molar-refractivity contribution in [3.8, 4) is 21.8 Å². The van der Waals surface area contributed by atoms with Gasteiger partial charge in [-0.15, -0.1) is 10.2 Å². The topological polar surface area (TPSA) is 85.6 Å². The van der Waals surface area contributed by atoms with E-state index in [4.69, 9.17) is 4.98 Å². The van der Waals surface area contributed by atoms with Gasteiger partial charge in [0.2, 0.25) is 0 Å². The maximum absolute atomic E-state index is 13.3. The summed E-state index contributed by atoms with van der Waals surface area (Å²) >= 11 is 1.47. The Morgan fingerprint density at radius 2 is 1.79 bits per heavy atom. The summed E-state index contributed by atoms with van der Waals surface area (Å²) in [5.74, 6) is -0.194. The molecule has 0 atom stereocenters. The first-order chi connectivity index (χ1) is 16.5. The van der Waals surface area contributed by atoms with Crippen LogP contribution in [0.1, 0.15) is 40.8 Å². The van der Waals surface area contributed by atoms with Crippen molar-refractivity contribution < 1.29 is 4.79 Å². The number of carbonyl (C=O) groups is 1. The van der Waals surface area contributed by atoms with Crippen LogP contribution >= 0.6 is 11.3 Å². The molecule has 0 aliphatic rings. The zero-order valence-electron chi connectivity index (χ0n) is 19.2. The van der Waals surface area contributed by atoms with Gasteiger partial charge >= 0.3 is 0 Å². The average Bonchev–Trinajstić information content (AvgIpc) is 3.50. The van der Waals surface area contributed by atoms with Crippen molar-refractivity contribution in [3.05, 3.63) is 83.0 Å². The second-order valence-electron chi connectivity index (χ2n) is 8.39. The van der Waals surface area contributed by atoms with Crippen LogP contribution in [-0.2, 0) is 6.54 Å². The standard InChI is InChI=1S/C26H24N6OS/c1-16(2)32-24-21(14-28-32)20(13-22(29-24)18-11-9-17(3)10-12-18)25(33)27-15-23-30-31-26(34-23)19-7-5-4-6-8-19/h4-14,16H,15H2,1-3H3,(H,27,33). The average molecular weight is 469 g/mol. The number of nitrogens with one attached hydrogen (secondary N) is 1. The molecule has 0 aliphatic heterocycles. The molecule has 8 heteroatoms. The Balaban J connectivity index is 1.45. The molecule has 0 fully saturated rings. The lowest BCUT2D eigenvalue weighted by Gasteiger charge is -2.11. The lowest BCUT2D eigenvalue weighted by Crippen LogP contribution is -2.23. The molecule has 3 heterocycles. The van der Waals surface area contributed by atoms with E-state index < -0.39 is 0 Å². The minimum Gasteiger partial charge on any atom is -0.345 e. The van der Waals surface area contributed by atoms with Gasteiger partial charge in [0, 0.05) is 17.2 Å². The molecule has 0 saturated heterocycles. The lowest BCUT2D eigenvalue weighted by atomic mass is 10.1. The number of aryl methyl sites for hydroxylation is 1. The highest BCUT2D eigenvalue weighted by Gasteiger charge is 2.19. The van der Waals surface area contributed by atoms with Crippen LogP contribution < -0.4 is 5.32 Å². The SMILES string of the molecule is Cc1ccc(-c2cc(C(=O)NCc3nnc(-c4ccccc4)s3)c3cnn(C(C)C)c3n2)cc1. The van der Waals surface area contributed by atoms with Crippen LogP contribution in [0.15, 0.2) is 66.9 Å². The van der Waals surface area contributed by atoms with Gasteiger partial charge in [-0.1, -0.05) is 71.5 Å². The van der Waals surface area contributed by atoms with E-state index in [2.05, 4.69) is 20.6 Å². The number of fused-ring (bicyclic) bond motifs is 1. The van der Waals surface area contributed by atoms with E-state index in [0.29, 0.717) is 17.8 Å². The van der Waals surface area contributed by atoms with Gasteiger partial charge in [0.05, 0.1) is 29.4 Å².